The van der Waals surface area contributed by atoms with Crippen LogP contribution in [0.15, 0.2) is 0 Å². The Morgan fingerprint density at radius 2 is 1.81 bits per heavy atom. The first-order chi connectivity index (χ1) is 7.54. The van der Waals surface area contributed by atoms with Crippen LogP contribution in [0.1, 0.15) is 46.5 Å². The smallest absolute Gasteiger partial charge is 0.223 e. The second-order valence-corrected chi connectivity index (χ2v) is 6.30. The fraction of sp³-hybridized carbons (Fsp3) is 0.923. The fourth-order valence-electron chi connectivity index (χ4n) is 2.45. The minimum Gasteiger partial charge on any atom is -0.353 e. The largest absolute Gasteiger partial charge is 0.353 e. The summed E-state index contributed by atoms with van der Waals surface area (Å²) in [6, 6.07) is 0.316. The van der Waals surface area contributed by atoms with E-state index in [2.05, 4.69) is 48.7 Å². The lowest BCUT2D eigenvalue weighted by atomic mass is 9.76. The Labute approximate surface area is 113 Å². The zero-order chi connectivity index (χ0) is 12.1. The highest BCUT2D eigenvalue weighted by molar-refractivity contribution is 14.1. The summed E-state index contributed by atoms with van der Waals surface area (Å²) in [6.07, 6.45) is 4.63. The standard InChI is InChI=1S/C13H24INO/c1-9(2)11-4-6-12(7-5-11)13(16)15-10(3)8-14/h9-12H,4-8H2,1-3H3,(H,15,16). The molecule has 1 aliphatic carbocycles. The van der Waals surface area contributed by atoms with Gasteiger partial charge in [0, 0.05) is 16.4 Å². The highest BCUT2D eigenvalue weighted by Gasteiger charge is 2.27. The Hall–Kier alpha value is 0.200. The predicted octanol–water partition coefficient (Wildman–Crippen LogP) is 3.39. The SMILES string of the molecule is CC(CI)NC(=O)C1CCC(C(C)C)CC1. The third-order valence-electron chi connectivity index (χ3n) is 3.71. The van der Waals surface area contributed by atoms with E-state index in [0.717, 1.165) is 29.1 Å². The molecular formula is C13H24INO. The van der Waals surface area contributed by atoms with E-state index in [9.17, 15) is 4.79 Å². The average Bonchev–Trinajstić information content (AvgIpc) is 2.28. The van der Waals surface area contributed by atoms with E-state index in [1.807, 2.05) is 0 Å². The van der Waals surface area contributed by atoms with Crippen LogP contribution in [0.25, 0.3) is 0 Å². The van der Waals surface area contributed by atoms with Crippen molar-refractivity contribution >= 4 is 28.5 Å². The van der Waals surface area contributed by atoms with Crippen molar-refractivity contribution in [2.75, 3.05) is 4.43 Å². The van der Waals surface area contributed by atoms with Crippen LogP contribution < -0.4 is 5.32 Å². The van der Waals surface area contributed by atoms with E-state index in [0.29, 0.717) is 6.04 Å². The van der Waals surface area contributed by atoms with Crippen molar-refractivity contribution < 1.29 is 4.79 Å². The van der Waals surface area contributed by atoms with Crippen molar-refractivity contribution in [3.05, 3.63) is 0 Å². The molecule has 3 heteroatoms. The van der Waals surface area contributed by atoms with Gasteiger partial charge < -0.3 is 5.32 Å². The van der Waals surface area contributed by atoms with E-state index in [1.165, 1.54) is 12.8 Å². The first-order valence-electron chi connectivity index (χ1n) is 6.41. The molecule has 1 fully saturated rings. The van der Waals surface area contributed by atoms with Gasteiger partial charge in [-0.25, -0.2) is 0 Å². The Morgan fingerprint density at radius 1 is 1.25 bits per heavy atom. The molecule has 0 heterocycles. The van der Waals surface area contributed by atoms with Crippen LogP contribution in [0.4, 0.5) is 0 Å². The quantitative estimate of drug-likeness (QED) is 0.618. The van der Waals surface area contributed by atoms with Crippen LogP contribution >= 0.6 is 22.6 Å². The van der Waals surface area contributed by atoms with Crippen LogP contribution in [0.5, 0.6) is 0 Å². The highest BCUT2D eigenvalue weighted by Crippen LogP contribution is 2.33. The van der Waals surface area contributed by atoms with E-state index in [4.69, 9.17) is 0 Å². The molecular weight excluding hydrogens is 313 g/mol. The number of halogens is 1. The van der Waals surface area contributed by atoms with Gasteiger partial charge in [0.2, 0.25) is 5.91 Å². The second-order valence-electron chi connectivity index (χ2n) is 5.42. The molecule has 1 aliphatic rings. The molecule has 1 amide bonds. The molecule has 94 valence electrons. The number of hydrogen-bond acceptors (Lipinski definition) is 1. The lowest BCUT2D eigenvalue weighted by molar-refractivity contribution is -0.126. The summed E-state index contributed by atoms with van der Waals surface area (Å²) in [7, 11) is 0. The molecule has 1 N–H and O–H groups in total. The van der Waals surface area contributed by atoms with Crippen LogP contribution in [-0.2, 0) is 4.79 Å². The molecule has 1 atom stereocenters. The van der Waals surface area contributed by atoms with Gasteiger partial charge in [-0.1, -0.05) is 36.4 Å². The number of carbonyl (C=O) groups excluding carboxylic acids is 1. The van der Waals surface area contributed by atoms with Gasteiger partial charge in [-0.15, -0.1) is 0 Å². The maximum atomic E-state index is 11.9. The molecule has 0 aliphatic heterocycles. The Bertz CT molecular complexity index is 222. The number of nitrogens with one attached hydrogen (secondary N) is 1. The monoisotopic (exact) mass is 337 g/mol. The molecule has 0 spiro atoms. The average molecular weight is 337 g/mol. The zero-order valence-corrected chi connectivity index (χ0v) is 12.8. The first-order valence-corrected chi connectivity index (χ1v) is 7.93. The highest BCUT2D eigenvalue weighted by atomic mass is 127. The van der Waals surface area contributed by atoms with Crippen molar-refractivity contribution in [3.63, 3.8) is 0 Å². The predicted molar refractivity (Wildman–Crippen MR) is 76.8 cm³/mol. The second kappa shape index (κ2) is 6.82. The molecule has 0 radical (unpaired) electrons. The summed E-state index contributed by atoms with van der Waals surface area (Å²) in [5.41, 5.74) is 0. The van der Waals surface area contributed by atoms with Crippen LogP contribution in [0.2, 0.25) is 0 Å². The lowest BCUT2D eigenvalue weighted by Crippen LogP contribution is -2.39. The molecule has 0 bridgehead atoms. The Morgan fingerprint density at radius 3 is 2.25 bits per heavy atom. The Balaban J connectivity index is 2.33. The first kappa shape index (κ1) is 14.3. The van der Waals surface area contributed by atoms with E-state index in [1.54, 1.807) is 0 Å². The van der Waals surface area contributed by atoms with Gasteiger partial charge in [0.1, 0.15) is 0 Å². The molecule has 2 nitrogen and oxygen atoms in total. The molecule has 0 aromatic carbocycles. The van der Waals surface area contributed by atoms with Crippen molar-refractivity contribution in [2.45, 2.75) is 52.5 Å². The topological polar surface area (TPSA) is 29.1 Å². The Kier molecular flexibility index (Phi) is 6.08. The minimum atomic E-state index is 0.278. The van der Waals surface area contributed by atoms with Crippen LogP contribution in [-0.4, -0.2) is 16.4 Å². The van der Waals surface area contributed by atoms with Crippen LogP contribution in [0, 0.1) is 17.8 Å². The van der Waals surface area contributed by atoms with Gasteiger partial charge in [-0.2, -0.15) is 0 Å². The van der Waals surface area contributed by atoms with Gasteiger partial charge in [-0.05, 0) is 44.4 Å². The van der Waals surface area contributed by atoms with Crippen molar-refractivity contribution in [3.8, 4) is 0 Å². The molecule has 0 aromatic rings. The minimum absolute atomic E-state index is 0.278. The molecule has 16 heavy (non-hydrogen) atoms. The summed E-state index contributed by atoms with van der Waals surface area (Å²) in [5, 5.41) is 3.10. The number of carbonyl (C=O) groups is 1. The van der Waals surface area contributed by atoms with Gasteiger partial charge in [0.05, 0.1) is 0 Å². The van der Waals surface area contributed by atoms with Gasteiger partial charge in [-0.3, -0.25) is 4.79 Å². The number of hydrogen-bond donors (Lipinski definition) is 1. The molecule has 0 saturated heterocycles. The van der Waals surface area contributed by atoms with Gasteiger partial charge in [0.15, 0.2) is 0 Å². The number of alkyl halides is 1. The summed E-state index contributed by atoms with van der Waals surface area (Å²) < 4.78 is 0.991. The van der Waals surface area contributed by atoms with Crippen molar-refractivity contribution in [2.24, 2.45) is 17.8 Å². The number of rotatable bonds is 4. The normalized spacial score (nSPS) is 27.8. The maximum Gasteiger partial charge on any atom is 0.223 e. The number of amides is 1. The van der Waals surface area contributed by atoms with Crippen molar-refractivity contribution in [1.29, 1.82) is 0 Å². The summed E-state index contributed by atoms with van der Waals surface area (Å²) in [5.74, 6) is 2.18. The summed E-state index contributed by atoms with van der Waals surface area (Å²) in [6.45, 7) is 6.66. The van der Waals surface area contributed by atoms with Gasteiger partial charge in [0.25, 0.3) is 0 Å². The third-order valence-corrected chi connectivity index (χ3v) is 5.03. The molecule has 0 aromatic heterocycles. The van der Waals surface area contributed by atoms with Crippen molar-refractivity contribution in [1.82, 2.24) is 5.32 Å². The molecule has 1 saturated carbocycles. The van der Waals surface area contributed by atoms with E-state index >= 15 is 0 Å². The van der Waals surface area contributed by atoms with Gasteiger partial charge >= 0.3 is 0 Å². The third kappa shape index (κ3) is 4.22. The van der Waals surface area contributed by atoms with E-state index < -0.39 is 0 Å². The zero-order valence-electron chi connectivity index (χ0n) is 10.6. The summed E-state index contributed by atoms with van der Waals surface area (Å²) >= 11 is 2.31. The molecule has 1 unspecified atom stereocenters. The maximum absolute atomic E-state index is 11.9. The van der Waals surface area contributed by atoms with Crippen LogP contribution in [0.3, 0.4) is 0 Å². The lowest BCUT2D eigenvalue weighted by Gasteiger charge is -2.30. The molecule has 1 rings (SSSR count). The summed E-state index contributed by atoms with van der Waals surface area (Å²) in [4.78, 5) is 11.9. The van der Waals surface area contributed by atoms with E-state index in [-0.39, 0.29) is 11.8 Å². The fourth-order valence-corrected chi connectivity index (χ4v) is 2.67.